The molecule has 0 radical (unpaired) electrons. The van der Waals surface area contributed by atoms with E-state index in [4.69, 9.17) is 10.2 Å². The van der Waals surface area contributed by atoms with Crippen molar-refractivity contribution in [2.75, 3.05) is 0 Å². The van der Waals surface area contributed by atoms with Crippen LogP contribution in [0, 0.1) is 0 Å². The number of carboxylic acid groups (broad SMARTS) is 2. The van der Waals surface area contributed by atoms with Gasteiger partial charge in [0.05, 0.1) is 10.2 Å². The second kappa shape index (κ2) is 6.64. The minimum atomic E-state index is -1.51. The molecule has 0 aliphatic carbocycles. The van der Waals surface area contributed by atoms with E-state index in [-0.39, 0.29) is 0 Å². The number of benzene rings is 1. The normalized spacial score (nSPS) is 13.6. The van der Waals surface area contributed by atoms with Gasteiger partial charge in [-0.1, -0.05) is 12.1 Å². The molecule has 0 aliphatic heterocycles. The van der Waals surface area contributed by atoms with E-state index in [1.54, 1.807) is 0 Å². The van der Waals surface area contributed by atoms with Gasteiger partial charge in [-0.05, 0) is 30.8 Å². The SMILES string of the molecule is CC(OC(=O)O)C(OC(=O)O)Sc1nc2ccccc2s1. The molecule has 0 saturated carbocycles. The number of hydrogen-bond acceptors (Lipinski definition) is 7. The molecule has 2 N–H and O–H groups in total. The van der Waals surface area contributed by atoms with Gasteiger partial charge >= 0.3 is 12.3 Å². The first-order valence-corrected chi connectivity index (χ1v) is 7.46. The third kappa shape index (κ3) is 4.23. The summed E-state index contributed by atoms with van der Waals surface area (Å²) in [7, 11) is 0. The quantitative estimate of drug-likeness (QED) is 0.488. The molecule has 1 heterocycles. The lowest BCUT2D eigenvalue weighted by Crippen LogP contribution is -2.29. The summed E-state index contributed by atoms with van der Waals surface area (Å²) in [5.41, 5.74) is -0.245. The zero-order valence-electron chi connectivity index (χ0n) is 10.8. The van der Waals surface area contributed by atoms with Crippen LogP contribution in [0.15, 0.2) is 28.6 Å². The van der Waals surface area contributed by atoms with E-state index in [2.05, 4.69) is 14.5 Å². The summed E-state index contributed by atoms with van der Waals surface area (Å²) in [5, 5.41) is 17.3. The molecule has 0 aliphatic rings. The van der Waals surface area contributed by atoms with Crippen LogP contribution in [0.1, 0.15) is 6.92 Å². The van der Waals surface area contributed by atoms with Crippen molar-refractivity contribution in [3.63, 3.8) is 0 Å². The van der Waals surface area contributed by atoms with Crippen molar-refractivity contribution < 1.29 is 29.3 Å². The maximum atomic E-state index is 10.7. The highest BCUT2D eigenvalue weighted by atomic mass is 32.2. The molecule has 0 fully saturated rings. The molecule has 112 valence electrons. The van der Waals surface area contributed by atoms with E-state index < -0.39 is 23.9 Å². The molecule has 7 nitrogen and oxygen atoms in total. The van der Waals surface area contributed by atoms with Gasteiger partial charge < -0.3 is 19.7 Å². The number of aromatic nitrogens is 1. The molecular weight excluding hydrogens is 318 g/mol. The Labute approximate surface area is 127 Å². The van der Waals surface area contributed by atoms with Gasteiger partial charge in [-0.25, -0.2) is 14.6 Å². The third-order valence-corrected chi connectivity index (χ3v) is 4.75. The molecule has 21 heavy (non-hydrogen) atoms. The first-order chi connectivity index (χ1) is 9.95. The van der Waals surface area contributed by atoms with Gasteiger partial charge in [0.25, 0.3) is 0 Å². The fourth-order valence-corrected chi connectivity index (χ4v) is 3.70. The van der Waals surface area contributed by atoms with Crippen LogP contribution in [-0.2, 0) is 9.47 Å². The number of para-hydroxylation sites is 1. The molecule has 0 spiro atoms. The average Bonchev–Trinajstić information content (AvgIpc) is 2.78. The van der Waals surface area contributed by atoms with Crippen molar-refractivity contribution >= 4 is 45.6 Å². The monoisotopic (exact) mass is 329 g/mol. The van der Waals surface area contributed by atoms with Crippen LogP contribution < -0.4 is 0 Å². The molecule has 2 aromatic rings. The van der Waals surface area contributed by atoms with Crippen molar-refractivity contribution in [3.05, 3.63) is 24.3 Å². The minimum absolute atomic E-state index is 0.572. The lowest BCUT2D eigenvalue weighted by molar-refractivity contribution is -0.000222. The Balaban J connectivity index is 2.16. The molecule has 0 bridgehead atoms. The van der Waals surface area contributed by atoms with Crippen molar-refractivity contribution in [1.82, 2.24) is 4.98 Å². The zero-order valence-corrected chi connectivity index (χ0v) is 12.4. The standard InChI is InChI=1S/C12H11NO6S2/c1-6(18-11(14)15)9(19-12(16)17)21-10-13-7-4-2-3-5-8(7)20-10/h2-6,9H,1H3,(H,14,15)(H,16,17). The summed E-state index contributed by atoms with van der Waals surface area (Å²) in [6.45, 7) is 1.42. The van der Waals surface area contributed by atoms with Crippen LogP contribution in [0.25, 0.3) is 10.2 Å². The lowest BCUT2D eigenvalue weighted by Gasteiger charge is -2.19. The third-order valence-electron chi connectivity index (χ3n) is 2.38. The Morgan fingerprint density at radius 2 is 1.90 bits per heavy atom. The molecule has 2 unspecified atom stereocenters. The van der Waals surface area contributed by atoms with Crippen molar-refractivity contribution in [3.8, 4) is 0 Å². The second-order valence-electron chi connectivity index (χ2n) is 3.91. The smallest absolute Gasteiger partial charge is 0.450 e. The fraction of sp³-hybridized carbons (Fsp3) is 0.250. The van der Waals surface area contributed by atoms with Crippen LogP contribution in [0.4, 0.5) is 9.59 Å². The molecule has 2 atom stereocenters. The first-order valence-electron chi connectivity index (χ1n) is 5.77. The highest BCUT2D eigenvalue weighted by molar-refractivity contribution is 8.01. The van der Waals surface area contributed by atoms with Crippen molar-refractivity contribution in [2.45, 2.75) is 22.8 Å². The predicted molar refractivity (Wildman–Crippen MR) is 76.9 cm³/mol. The first kappa shape index (κ1) is 15.4. The van der Waals surface area contributed by atoms with Crippen LogP contribution in [0.3, 0.4) is 0 Å². The Morgan fingerprint density at radius 3 is 2.52 bits per heavy atom. The van der Waals surface area contributed by atoms with E-state index >= 15 is 0 Å². The highest BCUT2D eigenvalue weighted by Gasteiger charge is 2.27. The molecule has 2 rings (SSSR count). The highest BCUT2D eigenvalue weighted by Crippen LogP contribution is 2.34. The maximum absolute atomic E-state index is 10.7. The molecule has 0 amide bonds. The van der Waals surface area contributed by atoms with Gasteiger partial charge in [0, 0.05) is 0 Å². The van der Waals surface area contributed by atoms with Gasteiger partial charge in [0.1, 0.15) is 6.10 Å². The number of nitrogens with zero attached hydrogens (tertiary/aromatic N) is 1. The Morgan fingerprint density at radius 1 is 1.24 bits per heavy atom. The number of carbonyl (C=O) groups is 2. The van der Waals surface area contributed by atoms with E-state index in [9.17, 15) is 9.59 Å². The number of thiazole rings is 1. The summed E-state index contributed by atoms with van der Waals surface area (Å²) in [6, 6.07) is 7.44. The van der Waals surface area contributed by atoms with E-state index in [1.165, 1.54) is 18.3 Å². The summed E-state index contributed by atoms with van der Waals surface area (Å²) in [6.07, 6.45) is -3.96. The van der Waals surface area contributed by atoms with Crippen LogP contribution >= 0.6 is 23.1 Å². The lowest BCUT2D eigenvalue weighted by atomic mass is 10.3. The number of thioether (sulfide) groups is 1. The maximum Gasteiger partial charge on any atom is 0.507 e. The molecule has 9 heteroatoms. The summed E-state index contributed by atoms with van der Waals surface area (Å²) < 4.78 is 10.7. The van der Waals surface area contributed by atoms with Crippen LogP contribution in [-0.4, -0.2) is 39.0 Å². The summed E-state index contributed by atoms with van der Waals surface area (Å²) in [4.78, 5) is 25.6. The predicted octanol–water partition coefficient (Wildman–Crippen LogP) is 3.49. The zero-order chi connectivity index (χ0) is 15.4. The number of rotatable bonds is 5. The number of fused-ring (bicyclic) bond motifs is 1. The number of hydrogen-bond donors (Lipinski definition) is 2. The van der Waals surface area contributed by atoms with E-state index in [1.807, 2.05) is 24.3 Å². The Kier molecular flexibility index (Phi) is 4.86. The van der Waals surface area contributed by atoms with Crippen molar-refractivity contribution in [1.29, 1.82) is 0 Å². The van der Waals surface area contributed by atoms with Crippen molar-refractivity contribution in [2.24, 2.45) is 0 Å². The van der Waals surface area contributed by atoms with Crippen LogP contribution in [0.2, 0.25) is 0 Å². The van der Waals surface area contributed by atoms with E-state index in [0.29, 0.717) is 4.34 Å². The van der Waals surface area contributed by atoms with Crippen LogP contribution in [0.5, 0.6) is 0 Å². The Bertz CT molecular complexity index is 625. The van der Waals surface area contributed by atoms with Gasteiger partial charge in [0.2, 0.25) is 0 Å². The molecule has 1 aromatic heterocycles. The Hall–Kier alpha value is -2.00. The molecular formula is C12H11NO6S2. The van der Waals surface area contributed by atoms with Gasteiger partial charge in [-0.2, -0.15) is 0 Å². The van der Waals surface area contributed by atoms with Gasteiger partial charge in [-0.3, -0.25) is 0 Å². The van der Waals surface area contributed by atoms with E-state index in [0.717, 1.165) is 22.0 Å². The molecule has 1 aromatic carbocycles. The second-order valence-corrected chi connectivity index (χ2v) is 6.28. The average molecular weight is 329 g/mol. The largest absolute Gasteiger partial charge is 0.507 e. The number of ether oxygens (including phenoxy) is 2. The van der Waals surface area contributed by atoms with Gasteiger partial charge in [0.15, 0.2) is 9.78 Å². The van der Waals surface area contributed by atoms with Gasteiger partial charge in [-0.15, -0.1) is 11.3 Å². The molecule has 0 saturated heterocycles. The topological polar surface area (TPSA) is 106 Å². The summed E-state index contributed by atoms with van der Waals surface area (Å²) in [5.74, 6) is 0. The minimum Gasteiger partial charge on any atom is -0.450 e. The fourth-order valence-electron chi connectivity index (χ4n) is 1.53. The summed E-state index contributed by atoms with van der Waals surface area (Å²) >= 11 is 2.37.